The molecule has 2 aromatic rings. The summed E-state index contributed by atoms with van der Waals surface area (Å²) >= 11 is 3.37. The molecule has 1 N–H and O–H groups in total. The van der Waals surface area contributed by atoms with E-state index in [1.54, 1.807) is 13.8 Å². The van der Waals surface area contributed by atoms with Gasteiger partial charge in [-0.05, 0) is 25.0 Å². The summed E-state index contributed by atoms with van der Waals surface area (Å²) in [5, 5.41) is 4.44. The van der Waals surface area contributed by atoms with Crippen molar-refractivity contribution >= 4 is 26.0 Å². The largest absolute Gasteiger partial charge is 0.360 e. The number of hydrogen-bond acceptors (Lipinski definition) is 4. The van der Waals surface area contributed by atoms with E-state index in [4.69, 9.17) is 4.52 Å². The molecule has 5 nitrogen and oxygen atoms in total. The monoisotopic (exact) mass is 358 g/mol. The van der Waals surface area contributed by atoms with E-state index >= 15 is 0 Å². The zero-order valence-corrected chi connectivity index (χ0v) is 13.6. The van der Waals surface area contributed by atoms with Gasteiger partial charge < -0.3 is 4.52 Å². The fourth-order valence-corrected chi connectivity index (χ4v) is 3.57. The first-order chi connectivity index (χ1) is 9.44. The minimum absolute atomic E-state index is 0.120. The van der Waals surface area contributed by atoms with Gasteiger partial charge >= 0.3 is 0 Å². The third kappa shape index (κ3) is 3.28. The van der Waals surface area contributed by atoms with Gasteiger partial charge in [-0.3, -0.25) is 0 Å². The fraction of sp³-hybridized carbons (Fsp3) is 0.308. The van der Waals surface area contributed by atoms with Crippen molar-refractivity contribution in [2.24, 2.45) is 0 Å². The van der Waals surface area contributed by atoms with E-state index in [9.17, 15) is 8.42 Å². The smallest absolute Gasteiger partial charge is 0.246 e. The van der Waals surface area contributed by atoms with Gasteiger partial charge in [0.2, 0.25) is 10.0 Å². The van der Waals surface area contributed by atoms with Crippen LogP contribution < -0.4 is 4.72 Å². The number of aryl methyl sites for hydroxylation is 2. The highest BCUT2D eigenvalue weighted by molar-refractivity contribution is 9.08. The predicted molar refractivity (Wildman–Crippen MR) is 79.1 cm³/mol. The lowest BCUT2D eigenvalue weighted by atomic mass is 10.2. The SMILES string of the molecule is Cc1noc(C)c1S(=O)(=O)NCc1ccc(CBr)cc1. The number of sulfonamides is 1. The molecule has 20 heavy (non-hydrogen) atoms. The van der Waals surface area contributed by atoms with Crippen LogP contribution in [0.3, 0.4) is 0 Å². The Labute approximate surface area is 126 Å². The lowest BCUT2D eigenvalue weighted by Gasteiger charge is -2.06. The van der Waals surface area contributed by atoms with Gasteiger partial charge in [0.05, 0.1) is 0 Å². The quantitative estimate of drug-likeness (QED) is 0.834. The van der Waals surface area contributed by atoms with Gasteiger partial charge in [-0.2, -0.15) is 0 Å². The van der Waals surface area contributed by atoms with Crippen molar-refractivity contribution in [2.45, 2.75) is 30.6 Å². The van der Waals surface area contributed by atoms with Crippen LogP contribution in [0.15, 0.2) is 33.7 Å². The van der Waals surface area contributed by atoms with Crippen molar-refractivity contribution in [3.63, 3.8) is 0 Å². The summed E-state index contributed by atoms with van der Waals surface area (Å²) in [5.41, 5.74) is 2.40. The number of rotatable bonds is 5. The predicted octanol–water partition coefficient (Wildman–Crippen LogP) is 2.66. The Morgan fingerprint density at radius 1 is 1.20 bits per heavy atom. The van der Waals surface area contributed by atoms with Gasteiger partial charge in [0.25, 0.3) is 0 Å². The number of benzene rings is 1. The second kappa shape index (κ2) is 6.07. The van der Waals surface area contributed by atoms with Gasteiger partial charge in [-0.1, -0.05) is 45.4 Å². The molecule has 7 heteroatoms. The molecular weight excluding hydrogens is 344 g/mol. The Kier molecular flexibility index (Phi) is 4.62. The summed E-state index contributed by atoms with van der Waals surface area (Å²) in [6, 6.07) is 7.70. The molecule has 0 fully saturated rings. The molecule has 0 unspecified atom stereocenters. The van der Waals surface area contributed by atoms with Gasteiger partial charge in [-0.25, -0.2) is 13.1 Å². The summed E-state index contributed by atoms with van der Waals surface area (Å²) in [4.78, 5) is 0.120. The normalized spacial score (nSPS) is 11.8. The van der Waals surface area contributed by atoms with Crippen LogP contribution in [0.4, 0.5) is 0 Å². The molecule has 0 saturated carbocycles. The summed E-state index contributed by atoms with van der Waals surface area (Å²) in [6.07, 6.45) is 0. The molecule has 0 amide bonds. The first-order valence-electron chi connectivity index (χ1n) is 6.00. The number of nitrogens with zero attached hydrogens (tertiary/aromatic N) is 1. The van der Waals surface area contributed by atoms with Gasteiger partial charge in [0, 0.05) is 11.9 Å². The molecule has 0 aliphatic heterocycles. The standard InChI is InChI=1S/C13H15BrN2O3S/c1-9-13(10(2)19-16-9)20(17,18)15-8-12-5-3-11(7-14)4-6-12/h3-6,15H,7-8H2,1-2H3. The van der Waals surface area contributed by atoms with Crippen LogP contribution in [-0.4, -0.2) is 13.6 Å². The summed E-state index contributed by atoms with van der Waals surface area (Å²) in [5.74, 6) is 0.296. The maximum atomic E-state index is 12.2. The Balaban J connectivity index is 2.13. The average molecular weight is 359 g/mol. The third-order valence-corrected chi connectivity index (χ3v) is 5.17. The van der Waals surface area contributed by atoms with Crippen molar-refractivity contribution < 1.29 is 12.9 Å². The maximum absolute atomic E-state index is 12.2. The van der Waals surface area contributed by atoms with Crippen LogP contribution in [0.5, 0.6) is 0 Å². The van der Waals surface area contributed by atoms with Crippen molar-refractivity contribution in [3.05, 3.63) is 46.8 Å². The maximum Gasteiger partial charge on any atom is 0.246 e. The first-order valence-corrected chi connectivity index (χ1v) is 8.61. The topological polar surface area (TPSA) is 72.2 Å². The minimum atomic E-state index is -3.61. The van der Waals surface area contributed by atoms with E-state index in [1.807, 2.05) is 24.3 Å². The van der Waals surface area contributed by atoms with E-state index in [2.05, 4.69) is 25.8 Å². The van der Waals surface area contributed by atoms with Crippen molar-refractivity contribution in [1.82, 2.24) is 9.88 Å². The molecule has 0 spiro atoms. The lowest BCUT2D eigenvalue weighted by molar-refractivity contribution is 0.390. The second-order valence-electron chi connectivity index (χ2n) is 4.43. The van der Waals surface area contributed by atoms with Gasteiger partial charge in [0.1, 0.15) is 10.6 Å². The van der Waals surface area contributed by atoms with Crippen molar-refractivity contribution in [3.8, 4) is 0 Å². The molecular formula is C13H15BrN2O3S. The highest BCUT2D eigenvalue weighted by Gasteiger charge is 2.23. The molecule has 0 atom stereocenters. The zero-order chi connectivity index (χ0) is 14.8. The van der Waals surface area contributed by atoms with Crippen LogP contribution in [0, 0.1) is 13.8 Å². The Hall–Kier alpha value is -1.18. The third-order valence-electron chi connectivity index (χ3n) is 2.88. The fourth-order valence-electron chi connectivity index (χ4n) is 1.85. The number of aromatic nitrogens is 1. The summed E-state index contributed by atoms with van der Waals surface area (Å²) in [7, 11) is -3.61. The van der Waals surface area contributed by atoms with Crippen LogP contribution >= 0.6 is 15.9 Å². The van der Waals surface area contributed by atoms with E-state index in [-0.39, 0.29) is 11.4 Å². The van der Waals surface area contributed by atoms with Gasteiger partial charge in [0.15, 0.2) is 5.76 Å². The van der Waals surface area contributed by atoms with Gasteiger partial charge in [-0.15, -0.1) is 0 Å². The molecule has 1 heterocycles. The Morgan fingerprint density at radius 2 is 1.80 bits per heavy atom. The average Bonchev–Trinajstić information content (AvgIpc) is 2.77. The zero-order valence-electron chi connectivity index (χ0n) is 11.2. The number of nitrogens with one attached hydrogen (secondary N) is 1. The molecule has 0 saturated heterocycles. The molecule has 0 radical (unpaired) electrons. The molecule has 1 aromatic carbocycles. The van der Waals surface area contributed by atoms with Crippen molar-refractivity contribution in [1.29, 1.82) is 0 Å². The number of alkyl halides is 1. The Bertz CT molecular complexity index is 673. The second-order valence-corrected chi connectivity index (χ2v) is 6.69. The van der Waals surface area contributed by atoms with Crippen LogP contribution in [0.2, 0.25) is 0 Å². The molecule has 0 aliphatic carbocycles. The van der Waals surface area contributed by atoms with Crippen LogP contribution in [0.1, 0.15) is 22.6 Å². The first kappa shape index (κ1) is 15.2. The molecule has 0 aliphatic rings. The minimum Gasteiger partial charge on any atom is -0.360 e. The van der Waals surface area contributed by atoms with Crippen molar-refractivity contribution in [2.75, 3.05) is 0 Å². The number of halogens is 1. The van der Waals surface area contributed by atoms with E-state index < -0.39 is 10.0 Å². The molecule has 108 valence electrons. The Morgan fingerprint density at radius 3 is 2.30 bits per heavy atom. The van der Waals surface area contributed by atoms with E-state index in [1.165, 1.54) is 0 Å². The molecule has 2 rings (SSSR count). The summed E-state index contributed by atoms with van der Waals surface area (Å²) < 4.78 is 31.9. The van der Waals surface area contributed by atoms with E-state index in [0.717, 1.165) is 16.5 Å². The van der Waals surface area contributed by atoms with Crippen LogP contribution in [0.25, 0.3) is 0 Å². The number of hydrogen-bond donors (Lipinski definition) is 1. The highest BCUT2D eigenvalue weighted by atomic mass is 79.9. The lowest BCUT2D eigenvalue weighted by Crippen LogP contribution is -2.24. The van der Waals surface area contributed by atoms with Crippen LogP contribution in [-0.2, 0) is 21.9 Å². The van der Waals surface area contributed by atoms with E-state index in [0.29, 0.717) is 11.5 Å². The summed E-state index contributed by atoms with van der Waals surface area (Å²) in [6.45, 7) is 3.42. The molecule has 1 aromatic heterocycles. The molecule has 0 bridgehead atoms. The highest BCUT2D eigenvalue weighted by Crippen LogP contribution is 2.19.